The van der Waals surface area contributed by atoms with E-state index < -0.39 is 0 Å². The maximum absolute atomic E-state index is 5.90. The van der Waals surface area contributed by atoms with Gasteiger partial charge in [-0.1, -0.05) is 26.0 Å². The summed E-state index contributed by atoms with van der Waals surface area (Å²) in [5, 5.41) is 0. The number of hydrogen-bond donors (Lipinski definition) is 1. The van der Waals surface area contributed by atoms with E-state index in [1.807, 2.05) is 6.07 Å². The first-order valence-electron chi connectivity index (χ1n) is 7.10. The van der Waals surface area contributed by atoms with Gasteiger partial charge in [-0.2, -0.15) is 0 Å². The fourth-order valence-electron chi connectivity index (χ4n) is 3.28. The first-order valence-corrected chi connectivity index (χ1v) is 7.10. The van der Waals surface area contributed by atoms with Gasteiger partial charge in [0.05, 0.1) is 0 Å². The summed E-state index contributed by atoms with van der Waals surface area (Å²) in [6.07, 6.45) is 1.35. The Hall–Kier alpha value is -1.02. The number of rotatable bonds is 2. The van der Waals surface area contributed by atoms with E-state index in [-0.39, 0.29) is 0 Å². The molecule has 1 fully saturated rings. The predicted molar refractivity (Wildman–Crippen MR) is 78.4 cm³/mol. The molecule has 0 saturated carbocycles. The first-order chi connectivity index (χ1) is 8.49. The van der Waals surface area contributed by atoms with Crippen molar-refractivity contribution in [3.05, 3.63) is 29.8 Å². The van der Waals surface area contributed by atoms with Crippen LogP contribution in [-0.4, -0.2) is 17.5 Å². The zero-order chi connectivity index (χ0) is 13.3. The van der Waals surface area contributed by atoms with E-state index in [0.717, 1.165) is 17.5 Å². The number of hydrogen-bond acceptors (Lipinski definition) is 2. The van der Waals surface area contributed by atoms with E-state index in [1.54, 1.807) is 0 Å². The van der Waals surface area contributed by atoms with Crippen LogP contribution in [0.15, 0.2) is 24.3 Å². The highest BCUT2D eigenvalue weighted by Crippen LogP contribution is 2.33. The highest BCUT2D eigenvalue weighted by atomic mass is 15.2. The molecule has 18 heavy (non-hydrogen) atoms. The summed E-state index contributed by atoms with van der Waals surface area (Å²) in [5.41, 5.74) is 8.10. The molecule has 0 spiro atoms. The van der Waals surface area contributed by atoms with Crippen LogP contribution in [0.3, 0.4) is 0 Å². The topological polar surface area (TPSA) is 29.3 Å². The molecule has 2 heteroatoms. The summed E-state index contributed by atoms with van der Waals surface area (Å²) < 4.78 is 0. The lowest BCUT2D eigenvalue weighted by Crippen LogP contribution is -2.46. The van der Waals surface area contributed by atoms with E-state index in [0.29, 0.717) is 12.1 Å². The van der Waals surface area contributed by atoms with Gasteiger partial charge in [-0.3, -0.25) is 4.90 Å². The van der Waals surface area contributed by atoms with Crippen molar-refractivity contribution in [1.82, 2.24) is 4.90 Å². The molecule has 1 aliphatic rings. The van der Waals surface area contributed by atoms with Crippen LogP contribution in [0, 0.1) is 11.8 Å². The number of nitrogens with zero attached hydrogens (tertiary/aromatic N) is 1. The minimum Gasteiger partial charge on any atom is -0.399 e. The maximum atomic E-state index is 5.90. The lowest BCUT2D eigenvalue weighted by Gasteiger charge is -2.44. The van der Waals surface area contributed by atoms with Crippen LogP contribution in [0.5, 0.6) is 0 Å². The summed E-state index contributed by atoms with van der Waals surface area (Å²) in [6, 6.07) is 9.43. The van der Waals surface area contributed by atoms with Crippen LogP contribution in [0.4, 0.5) is 5.69 Å². The van der Waals surface area contributed by atoms with Gasteiger partial charge < -0.3 is 5.73 Å². The second kappa shape index (κ2) is 5.31. The average molecular weight is 246 g/mol. The quantitative estimate of drug-likeness (QED) is 0.806. The summed E-state index contributed by atoms with van der Waals surface area (Å²) >= 11 is 0. The fourth-order valence-corrected chi connectivity index (χ4v) is 3.28. The normalized spacial score (nSPS) is 31.2. The van der Waals surface area contributed by atoms with Gasteiger partial charge in [-0.15, -0.1) is 0 Å². The van der Waals surface area contributed by atoms with Gasteiger partial charge in [0.25, 0.3) is 0 Å². The molecule has 1 aromatic carbocycles. The number of piperidine rings is 1. The van der Waals surface area contributed by atoms with Gasteiger partial charge in [-0.25, -0.2) is 0 Å². The van der Waals surface area contributed by atoms with Gasteiger partial charge in [0.1, 0.15) is 0 Å². The standard InChI is InChI=1S/C16H26N2/c1-11-8-12(2)13(3)18(10-11)14(4)15-6-5-7-16(17)9-15/h5-7,9,11-14H,8,10,17H2,1-4H3. The molecule has 4 unspecified atom stereocenters. The van der Waals surface area contributed by atoms with Crippen molar-refractivity contribution in [1.29, 1.82) is 0 Å². The van der Waals surface area contributed by atoms with Crippen molar-refractivity contribution in [2.24, 2.45) is 11.8 Å². The largest absolute Gasteiger partial charge is 0.399 e. The zero-order valence-electron chi connectivity index (χ0n) is 12.1. The highest BCUT2D eigenvalue weighted by molar-refractivity contribution is 5.41. The molecule has 2 rings (SSSR count). The van der Waals surface area contributed by atoms with E-state index in [1.165, 1.54) is 18.5 Å². The molecule has 100 valence electrons. The molecule has 0 bridgehead atoms. The molecular formula is C16H26N2. The molecule has 2 nitrogen and oxygen atoms in total. The summed E-state index contributed by atoms with van der Waals surface area (Å²) in [5.74, 6) is 1.57. The van der Waals surface area contributed by atoms with Gasteiger partial charge in [0.2, 0.25) is 0 Å². The molecule has 1 saturated heterocycles. The molecule has 0 aromatic heterocycles. The van der Waals surface area contributed by atoms with Crippen molar-refractivity contribution in [3.8, 4) is 0 Å². The molecule has 1 heterocycles. The number of nitrogens with two attached hydrogens (primary N) is 1. The Morgan fingerprint density at radius 1 is 1.28 bits per heavy atom. The van der Waals surface area contributed by atoms with Gasteiger partial charge in [0.15, 0.2) is 0 Å². The number of benzene rings is 1. The number of nitrogen functional groups attached to an aromatic ring is 1. The summed E-state index contributed by atoms with van der Waals surface area (Å²) in [4.78, 5) is 2.63. The minimum absolute atomic E-state index is 0.452. The van der Waals surface area contributed by atoms with Crippen molar-refractivity contribution in [2.45, 2.75) is 46.2 Å². The van der Waals surface area contributed by atoms with Crippen LogP contribution in [0.1, 0.15) is 45.7 Å². The molecule has 0 radical (unpaired) electrons. The van der Waals surface area contributed by atoms with Crippen molar-refractivity contribution >= 4 is 5.69 Å². The second-order valence-corrected chi connectivity index (χ2v) is 6.10. The molecule has 2 N–H and O–H groups in total. The molecule has 1 aromatic rings. The third-order valence-electron chi connectivity index (χ3n) is 4.53. The summed E-state index contributed by atoms with van der Waals surface area (Å²) in [7, 11) is 0. The van der Waals surface area contributed by atoms with Gasteiger partial charge in [-0.05, 0) is 49.8 Å². The van der Waals surface area contributed by atoms with Gasteiger partial charge in [0, 0.05) is 24.3 Å². The minimum atomic E-state index is 0.452. The second-order valence-electron chi connectivity index (χ2n) is 6.10. The smallest absolute Gasteiger partial charge is 0.0323 e. The SMILES string of the molecule is CC1CC(C)C(C)N(C(C)c2cccc(N)c2)C1. The zero-order valence-corrected chi connectivity index (χ0v) is 12.1. The van der Waals surface area contributed by atoms with Crippen LogP contribution in [-0.2, 0) is 0 Å². The molecule has 0 amide bonds. The third kappa shape index (κ3) is 2.69. The Kier molecular flexibility index (Phi) is 3.96. The van der Waals surface area contributed by atoms with E-state index in [9.17, 15) is 0 Å². The Morgan fingerprint density at radius 3 is 2.67 bits per heavy atom. The van der Waals surface area contributed by atoms with Crippen LogP contribution in [0.2, 0.25) is 0 Å². The lowest BCUT2D eigenvalue weighted by atomic mass is 9.84. The average Bonchev–Trinajstić information content (AvgIpc) is 2.33. The molecule has 4 atom stereocenters. The van der Waals surface area contributed by atoms with Gasteiger partial charge >= 0.3 is 0 Å². The van der Waals surface area contributed by atoms with Crippen LogP contribution in [0.25, 0.3) is 0 Å². The van der Waals surface area contributed by atoms with E-state index in [2.05, 4.69) is 50.8 Å². The Balaban J connectivity index is 2.19. The lowest BCUT2D eigenvalue weighted by molar-refractivity contribution is 0.0461. The number of anilines is 1. The van der Waals surface area contributed by atoms with Crippen molar-refractivity contribution < 1.29 is 0 Å². The Labute approximate surface area is 111 Å². The van der Waals surface area contributed by atoms with Crippen molar-refractivity contribution in [3.63, 3.8) is 0 Å². The van der Waals surface area contributed by atoms with E-state index >= 15 is 0 Å². The monoisotopic (exact) mass is 246 g/mol. The number of likely N-dealkylation sites (tertiary alicyclic amines) is 1. The van der Waals surface area contributed by atoms with Crippen LogP contribution >= 0.6 is 0 Å². The highest BCUT2D eigenvalue weighted by Gasteiger charge is 2.31. The first kappa shape index (κ1) is 13.4. The fraction of sp³-hybridized carbons (Fsp3) is 0.625. The van der Waals surface area contributed by atoms with Crippen molar-refractivity contribution in [2.75, 3.05) is 12.3 Å². The predicted octanol–water partition coefficient (Wildman–Crippen LogP) is 3.70. The molecule has 0 aliphatic carbocycles. The Bertz CT molecular complexity index is 402. The Morgan fingerprint density at radius 2 is 2.00 bits per heavy atom. The molecule has 1 aliphatic heterocycles. The van der Waals surface area contributed by atoms with E-state index in [4.69, 9.17) is 5.73 Å². The summed E-state index contributed by atoms with van der Waals surface area (Å²) in [6.45, 7) is 10.6. The third-order valence-corrected chi connectivity index (χ3v) is 4.53. The maximum Gasteiger partial charge on any atom is 0.0323 e. The van der Waals surface area contributed by atoms with Crippen LogP contribution < -0.4 is 5.73 Å². The molecular weight excluding hydrogens is 220 g/mol.